The molecule has 0 saturated carbocycles. The molecule has 0 radical (unpaired) electrons. The summed E-state index contributed by atoms with van der Waals surface area (Å²) in [6.07, 6.45) is 0.337. The Morgan fingerprint density at radius 3 is 2.50 bits per heavy atom. The van der Waals surface area contributed by atoms with Crippen LogP contribution in [0.5, 0.6) is 0 Å². The van der Waals surface area contributed by atoms with Crippen LogP contribution in [0.15, 0.2) is 0 Å². The van der Waals surface area contributed by atoms with E-state index in [0.717, 1.165) is 6.42 Å². The van der Waals surface area contributed by atoms with Crippen molar-refractivity contribution in [1.29, 1.82) is 0 Å². The van der Waals surface area contributed by atoms with Crippen LogP contribution in [0.4, 0.5) is 0 Å². The van der Waals surface area contributed by atoms with Crippen molar-refractivity contribution in [1.82, 2.24) is 0 Å². The first-order valence-corrected chi connectivity index (χ1v) is 4.97. The molecule has 1 unspecified atom stereocenters. The average Bonchev–Trinajstić information content (AvgIpc) is 2.18. The molecule has 2 aliphatic heterocycles. The van der Waals surface area contributed by atoms with Crippen molar-refractivity contribution in [2.24, 2.45) is 0 Å². The summed E-state index contributed by atoms with van der Waals surface area (Å²) < 4.78 is 20.5. The molecule has 0 aromatic rings. The zero-order chi connectivity index (χ0) is 11.1. The minimum absolute atomic E-state index is 0.0713. The highest BCUT2D eigenvalue weighted by molar-refractivity contribution is 4.61. The predicted octanol–water partition coefficient (Wildman–Crippen LogP) is 0.239. The normalized spacial score (nSPS) is 31.1. The molecule has 0 aromatic carbocycles. The Morgan fingerprint density at radius 2 is 1.69 bits per heavy atom. The molecule has 0 bridgehead atoms. The van der Waals surface area contributed by atoms with Crippen LogP contribution in [-0.2, 0) is 38.8 Å². The molecule has 2 aliphatic rings. The van der Waals surface area contributed by atoms with Crippen molar-refractivity contribution in [3.63, 3.8) is 0 Å². The van der Waals surface area contributed by atoms with Crippen molar-refractivity contribution in [2.75, 3.05) is 27.0 Å². The summed E-state index contributed by atoms with van der Waals surface area (Å²) >= 11 is 0. The first-order chi connectivity index (χ1) is 7.97. The lowest BCUT2D eigenvalue weighted by atomic mass is 10.2. The van der Waals surface area contributed by atoms with Gasteiger partial charge in [0.1, 0.15) is 6.10 Å². The van der Waals surface area contributed by atoms with E-state index < -0.39 is 12.4 Å². The zero-order valence-corrected chi connectivity index (χ0v) is 8.66. The van der Waals surface area contributed by atoms with Gasteiger partial charge in [-0.3, -0.25) is 0 Å². The smallest absolute Gasteiger partial charge is 0.192 e. The molecule has 0 aromatic heterocycles. The maximum Gasteiger partial charge on any atom is 0.192 e. The number of hydrogen-bond acceptors (Lipinski definition) is 8. The molecule has 1 atom stereocenters. The van der Waals surface area contributed by atoms with E-state index in [1.807, 2.05) is 0 Å². The molecular formula is C8H14O8. The van der Waals surface area contributed by atoms with Crippen LogP contribution in [-0.4, -0.2) is 39.4 Å². The van der Waals surface area contributed by atoms with Crippen LogP contribution in [0, 0.1) is 0 Å². The Balaban J connectivity index is 1.81. The van der Waals surface area contributed by atoms with Crippen molar-refractivity contribution in [3.8, 4) is 0 Å². The van der Waals surface area contributed by atoms with E-state index in [2.05, 4.69) is 15.0 Å². The minimum Gasteiger partial charge on any atom is -0.329 e. The Morgan fingerprint density at radius 1 is 0.875 bits per heavy atom. The predicted molar refractivity (Wildman–Crippen MR) is 45.0 cm³/mol. The maximum atomic E-state index is 5.29. The van der Waals surface area contributed by atoms with Gasteiger partial charge in [-0.2, -0.15) is 4.89 Å². The van der Waals surface area contributed by atoms with Crippen molar-refractivity contribution >= 4 is 0 Å². The van der Waals surface area contributed by atoms with Gasteiger partial charge in [-0.15, -0.1) is 0 Å². The summed E-state index contributed by atoms with van der Waals surface area (Å²) in [5.74, 6) is 0. The molecule has 0 spiro atoms. The third-order valence-electron chi connectivity index (χ3n) is 2.06. The van der Waals surface area contributed by atoms with E-state index in [9.17, 15) is 0 Å². The molecule has 0 N–H and O–H groups in total. The average molecular weight is 238 g/mol. The lowest BCUT2D eigenvalue weighted by Gasteiger charge is -2.27. The summed E-state index contributed by atoms with van der Waals surface area (Å²) in [5.41, 5.74) is 0. The molecular weight excluding hydrogens is 224 g/mol. The Kier molecular flexibility index (Phi) is 5.38. The van der Waals surface area contributed by atoms with E-state index in [1.165, 1.54) is 0 Å². The quantitative estimate of drug-likeness (QED) is 0.601. The molecule has 8 heteroatoms. The fraction of sp³-hybridized carbons (Fsp3) is 1.00. The summed E-state index contributed by atoms with van der Waals surface area (Å²) in [6.45, 7) is 0.703. The second kappa shape index (κ2) is 7.09. The molecule has 94 valence electrons. The van der Waals surface area contributed by atoms with Gasteiger partial charge in [-0.1, -0.05) is 0 Å². The Labute approximate surface area is 92.0 Å². The summed E-state index contributed by atoms with van der Waals surface area (Å²) in [7, 11) is 0. The highest BCUT2D eigenvalue weighted by Crippen LogP contribution is 2.16. The second-order valence-electron chi connectivity index (χ2n) is 3.20. The molecule has 2 saturated heterocycles. The van der Waals surface area contributed by atoms with E-state index in [0.29, 0.717) is 13.0 Å². The van der Waals surface area contributed by atoms with Crippen LogP contribution in [0.3, 0.4) is 0 Å². The van der Waals surface area contributed by atoms with E-state index in [4.69, 9.17) is 23.8 Å². The van der Waals surface area contributed by atoms with Crippen LogP contribution in [0.25, 0.3) is 0 Å². The minimum atomic E-state index is -0.623. The van der Waals surface area contributed by atoms with Crippen LogP contribution >= 0.6 is 0 Å². The third-order valence-corrected chi connectivity index (χ3v) is 2.06. The highest BCUT2D eigenvalue weighted by atomic mass is 17.7. The lowest BCUT2D eigenvalue weighted by Crippen LogP contribution is -2.38. The SMILES string of the molecule is C1COOOOC(C2OCOCOCO2)C1. The number of hydrogen-bond donors (Lipinski definition) is 0. The van der Waals surface area contributed by atoms with Gasteiger partial charge in [0, 0.05) is 0 Å². The molecule has 16 heavy (non-hydrogen) atoms. The topological polar surface area (TPSA) is 73.8 Å². The van der Waals surface area contributed by atoms with Crippen LogP contribution < -0.4 is 0 Å². The fourth-order valence-electron chi connectivity index (χ4n) is 1.31. The molecule has 2 fully saturated rings. The first kappa shape index (κ1) is 12.1. The second-order valence-corrected chi connectivity index (χ2v) is 3.20. The fourth-order valence-corrected chi connectivity index (χ4v) is 1.31. The van der Waals surface area contributed by atoms with Crippen LogP contribution in [0.2, 0.25) is 0 Å². The molecule has 2 heterocycles. The Bertz CT molecular complexity index is 153. The van der Waals surface area contributed by atoms with Crippen molar-refractivity contribution in [2.45, 2.75) is 25.2 Å². The third kappa shape index (κ3) is 3.92. The van der Waals surface area contributed by atoms with Crippen LogP contribution in [0.1, 0.15) is 12.8 Å². The van der Waals surface area contributed by atoms with Gasteiger partial charge in [-0.05, 0) is 22.9 Å². The van der Waals surface area contributed by atoms with Gasteiger partial charge >= 0.3 is 0 Å². The summed E-state index contributed by atoms with van der Waals surface area (Å²) in [4.78, 5) is 9.49. The monoisotopic (exact) mass is 238 g/mol. The van der Waals surface area contributed by atoms with E-state index in [1.54, 1.807) is 0 Å². The van der Waals surface area contributed by atoms with Gasteiger partial charge in [0.15, 0.2) is 26.7 Å². The molecule has 0 aliphatic carbocycles. The van der Waals surface area contributed by atoms with Gasteiger partial charge in [-0.25, -0.2) is 4.89 Å². The van der Waals surface area contributed by atoms with Gasteiger partial charge in [0.2, 0.25) is 0 Å². The van der Waals surface area contributed by atoms with Crippen molar-refractivity contribution < 1.29 is 38.8 Å². The Hall–Kier alpha value is -0.320. The van der Waals surface area contributed by atoms with Gasteiger partial charge in [0.25, 0.3) is 0 Å². The first-order valence-electron chi connectivity index (χ1n) is 4.97. The number of ether oxygens (including phenoxy) is 4. The highest BCUT2D eigenvalue weighted by Gasteiger charge is 2.27. The van der Waals surface area contributed by atoms with E-state index >= 15 is 0 Å². The van der Waals surface area contributed by atoms with Crippen molar-refractivity contribution in [3.05, 3.63) is 0 Å². The molecule has 2 rings (SSSR count). The summed E-state index contributed by atoms with van der Waals surface area (Å²) in [6, 6.07) is 0. The van der Waals surface area contributed by atoms with Gasteiger partial charge in [0.05, 0.1) is 6.61 Å². The molecule has 0 amide bonds. The maximum absolute atomic E-state index is 5.29. The summed E-state index contributed by atoms with van der Waals surface area (Å²) in [5, 5.41) is 8.60. The molecule has 8 nitrogen and oxygen atoms in total. The standard InChI is InChI=1S/C8H14O8/c1-2-7(14-16-15-13-3-1)8-11-5-9-4-10-6-12-8/h7-8H,1-6H2. The lowest BCUT2D eigenvalue weighted by molar-refractivity contribution is -0.651. The largest absolute Gasteiger partial charge is 0.329 e. The zero-order valence-electron chi connectivity index (χ0n) is 8.66. The number of rotatable bonds is 1. The van der Waals surface area contributed by atoms with Gasteiger partial charge < -0.3 is 18.9 Å². The van der Waals surface area contributed by atoms with E-state index in [-0.39, 0.29) is 20.4 Å².